The van der Waals surface area contributed by atoms with Gasteiger partial charge in [0.05, 0.1) is 0 Å². The molecule has 0 saturated carbocycles. The predicted octanol–water partition coefficient (Wildman–Crippen LogP) is 3.34. The SMILES string of the molecule is Cc1ccsc1CN1C[C@H]2Cc3nnc(C(=O)Nc4cccc(F)c4)n3C[C@@H]2C1. The first-order valence-electron chi connectivity index (χ1n) is 9.81. The second kappa shape index (κ2) is 7.35. The molecular weight excluding hydrogens is 389 g/mol. The van der Waals surface area contributed by atoms with Gasteiger partial charge in [0.1, 0.15) is 11.6 Å². The zero-order chi connectivity index (χ0) is 20.0. The summed E-state index contributed by atoms with van der Waals surface area (Å²) in [5.74, 6) is 1.46. The summed E-state index contributed by atoms with van der Waals surface area (Å²) >= 11 is 1.82. The lowest BCUT2D eigenvalue weighted by atomic mass is 9.89. The molecule has 2 aromatic heterocycles. The molecule has 1 aromatic carbocycles. The fourth-order valence-electron chi connectivity index (χ4n) is 4.44. The van der Waals surface area contributed by atoms with Crippen LogP contribution in [0.4, 0.5) is 10.1 Å². The minimum absolute atomic E-state index is 0.301. The van der Waals surface area contributed by atoms with Gasteiger partial charge in [-0.3, -0.25) is 9.69 Å². The van der Waals surface area contributed by atoms with E-state index in [1.807, 2.05) is 15.9 Å². The zero-order valence-corrected chi connectivity index (χ0v) is 17.0. The molecular formula is C21H22FN5OS. The van der Waals surface area contributed by atoms with Crippen LogP contribution in [0.1, 0.15) is 26.9 Å². The number of fused-ring (bicyclic) bond motifs is 2. The standard InChI is InChI=1S/C21H22FN5OS/c1-13-5-6-29-18(13)12-26-9-14-7-19-24-25-20(27(19)11-15(14)10-26)21(28)23-17-4-2-3-16(22)8-17/h2-6,8,14-15H,7,9-12H2,1H3,(H,23,28)/t14-,15+/m1/s1. The van der Waals surface area contributed by atoms with Gasteiger partial charge in [0.25, 0.3) is 5.91 Å². The van der Waals surface area contributed by atoms with E-state index in [4.69, 9.17) is 0 Å². The van der Waals surface area contributed by atoms with E-state index in [2.05, 4.69) is 38.8 Å². The number of nitrogens with one attached hydrogen (secondary N) is 1. The number of rotatable bonds is 4. The minimum Gasteiger partial charge on any atom is -0.319 e. The molecule has 29 heavy (non-hydrogen) atoms. The number of hydrogen-bond donors (Lipinski definition) is 1. The second-order valence-corrected chi connectivity index (χ2v) is 8.96. The summed E-state index contributed by atoms with van der Waals surface area (Å²) in [6.45, 7) is 5.98. The van der Waals surface area contributed by atoms with E-state index in [9.17, 15) is 9.18 Å². The number of aryl methyl sites for hydroxylation is 1. The van der Waals surface area contributed by atoms with Crippen LogP contribution in [0.2, 0.25) is 0 Å². The van der Waals surface area contributed by atoms with Crippen LogP contribution in [0.25, 0.3) is 0 Å². The van der Waals surface area contributed by atoms with E-state index in [0.717, 1.165) is 38.4 Å². The van der Waals surface area contributed by atoms with Crippen LogP contribution in [-0.4, -0.2) is 38.7 Å². The molecule has 8 heteroatoms. The van der Waals surface area contributed by atoms with Crippen molar-refractivity contribution in [3.63, 3.8) is 0 Å². The molecule has 0 radical (unpaired) electrons. The van der Waals surface area contributed by atoms with Crippen LogP contribution in [0, 0.1) is 24.6 Å². The van der Waals surface area contributed by atoms with Gasteiger partial charge in [-0.05, 0) is 54.0 Å². The van der Waals surface area contributed by atoms with Gasteiger partial charge in [-0.15, -0.1) is 21.5 Å². The molecule has 0 unspecified atom stereocenters. The Morgan fingerprint density at radius 2 is 2.10 bits per heavy atom. The van der Waals surface area contributed by atoms with Crippen molar-refractivity contribution in [1.29, 1.82) is 0 Å². The highest BCUT2D eigenvalue weighted by Gasteiger charge is 2.39. The number of nitrogens with zero attached hydrogens (tertiary/aromatic N) is 4. The van der Waals surface area contributed by atoms with Crippen LogP contribution in [0.3, 0.4) is 0 Å². The Morgan fingerprint density at radius 1 is 1.24 bits per heavy atom. The number of anilines is 1. The topological polar surface area (TPSA) is 63.1 Å². The fraction of sp³-hybridized carbons (Fsp3) is 0.381. The van der Waals surface area contributed by atoms with Gasteiger partial charge in [-0.25, -0.2) is 4.39 Å². The summed E-state index contributed by atoms with van der Waals surface area (Å²) in [6, 6.07) is 8.04. The number of benzene rings is 1. The van der Waals surface area contributed by atoms with E-state index < -0.39 is 0 Å². The van der Waals surface area contributed by atoms with Crippen LogP contribution >= 0.6 is 11.3 Å². The summed E-state index contributed by atoms with van der Waals surface area (Å²) in [5, 5.41) is 13.3. The number of hydrogen-bond acceptors (Lipinski definition) is 5. The van der Waals surface area contributed by atoms with Crippen molar-refractivity contribution in [3.05, 3.63) is 63.6 Å². The molecule has 0 bridgehead atoms. The molecule has 4 heterocycles. The quantitative estimate of drug-likeness (QED) is 0.715. The maximum absolute atomic E-state index is 13.4. The average molecular weight is 412 g/mol. The van der Waals surface area contributed by atoms with Crippen LogP contribution in [0.15, 0.2) is 35.7 Å². The number of amides is 1. The zero-order valence-electron chi connectivity index (χ0n) is 16.1. The van der Waals surface area contributed by atoms with Crippen molar-refractivity contribution >= 4 is 22.9 Å². The third kappa shape index (κ3) is 3.58. The smallest absolute Gasteiger partial charge is 0.293 e. The van der Waals surface area contributed by atoms with Crippen molar-refractivity contribution in [2.24, 2.45) is 11.8 Å². The van der Waals surface area contributed by atoms with Crippen molar-refractivity contribution in [2.75, 3.05) is 18.4 Å². The average Bonchev–Trinajstić information content (AvgIpc) is 3.38. The normalized spacial score (nSPS) is 21.0. The first-order valence-corrected chi connectivity index (χ1v) is 10.7. The van der Waals surface area contributed by atoms with Crippen LogP contribution < -0.4 is 5.32 Å². The number of aromatic nitrogens is 3. The number of halogens is 1. The summed E-state index contributed by atoms with van der Waals surface area (Å²) in [5.41, 5.74) is 1.78. The maximum atomic E-state index is 13.4. The van der Waals surface area contributed by atoms with Gasteiger partial charge in [-0.1, -0.05) is 6.07 Å². The fourth-order valence-corrected chi connectivity index (χ4v) is 5.39. The minimum atomic E-state index is -0.388. The molecule has 2 atom stereocenters. The maximum Gasteiger partial charge on any atom is 0.293 e. The lowest BCUT2D eigenvalue weighted by Gasteiger charge is -2.25. The number of likely N-dealkylation sites (tertiary alicyclic amines) is 1. The van der Waals surface area contributed by atoms with Crippen LogP contribution in [0.5, 0.6) is 0 Å². The number of carbonyl (C=O) groups excluding carboxylic acids is 1. The highest BCUT2D eigenvalue weighted by atomic mass is 32.1. The molecule has 1 fully saturated rings. The summed E-state index contributed by atoms with van der Waals surface area (Å²) in [7, 11) is 0. The third-order valence-electron chi connectivity index (χ3n) is 5.96. The van der Waals surface area contributed by atoms with Gasteiger partial charge < -0.3 is 9.88 Å². The first kappa shape index (κ1) is 18.4. The van der Waals surface area contributed by atoms with Crippen molar-refractivity contribution in [3.8, 4) is 0 Å². The largest absolute Gasteiger partial charge is 0.319 e. The molecule has 2 aliphatic rings. The van der Waals surface area contributed by atoms with E-state index in [-0.39, 0.29) is 11.7 Å². The molecule has 1 amide bonds. The molecule has 0 spiro atoms. The molecule has 1 N–H and O–H groups in total. The highest BCUT2D eigenvalue weighted by Crippen LogP contribution is 2.34. The second-order valence-electron chi connectivity index (χ2n) is 7.96. The summed E-state index contributed by atoms with van der Waals surface area (Å²) in [4.78, 5) is 16.6. The highest BCUT2D eigenvalue weighted by molar-refractivity contribution is 7.10. The Morgan fingerprint density at radius 3 is 2.90 bits per heavy atom. The van der Waals surface area contributed by atoms with Gasteiger partial charge >= 0.3 is 0 Å². The number of carbonyl (C=O) groups is 1. The Bertz CT molecular complexity index is 1060. The predicted molar refractivity (Wildman–Crippen MR) is 109 cm³/mol. The van der Waals surface area contributed by atoms with E-state index >= 15 is 0 Å². The van der Waals surface area contributed by atoms with Gasteiger partial charge in [0, 0.05) is 43.2 Å². The van der Waals surface area contributed by atoms with Gasteiger partial charge in [0.2, 0.25) is 5.82 Å². The Labute approximate surface area is 172 Å². The van der Waals surface area contributed by atoms with Crippen molar-refractivity contribution < 1.29 is 9.18 Å². The third-order valence-corrected chi connectivity index (χ3v) is 6.97. The molecule has 5 rings (SSSR count). The van der Waals surface area contributed by atoms with E-state index in [1.54, 1.807) is 12.1 Å². The Balaban J connectivity index is 1.29. The molecule has 6 nitrogen and oxygen atoms in total. The number of thiophene rings is 1. The molecule has 3 aromatic rings. The molecule has 1 saturated heterocycles. The van der Waals surface area contributed by atoms with Crippen LogP contribution in [-0.2, 0) is 19.5 Å². The van der Waals surface area contributed by atoms with E-state index in [0.29, 0.717) is 23.3 Å². The van der Waals surface area contributed by atoms with Gasteiger partial charge in [0.15, 0.2) is 0 Å². The van der Waals surface area contributed by atoms with Gasteiger partial charge in [-0.2, -0.15) is 0 Å². The summed E-state index contributed by atoms with van der Waals surface area (Å²) < 4.78 is 15.3. The lowest BCUT2D eigenvalue weighted by molar-refractivity contribution is 0.100. The monoisotopic (exact) mass is 411 g/mol. The van der Waals surface area contributed by atoms with Crippen molar-refractivity contribution in [1.82, 2.24) is 19.7 Å². The summed E-state index contributed by atoms with van der Waals surface area (Å²) in [6.07, 6.45) is 0.838. The Hall–Kier alpha value is -2.58. The Kier molecular flexibility index (Phi) is 4.67. The molecule has 2 aliphatic heterocycles. The molecule has 150 valence electrons. The molecule has 0 aliphatic carbocycles. The van der Waals surface area contributed by atoms with E-state index in [1.165, 1.54) is 22.6 Å². The van der Waals surface area contributed by atoms with Crippen molar-refractivity contribution in [2.45, 2.75) is 26.4 Å². The lowest BCUT2D eigenvalue weighted by Crippen LogP contribution is -2.31. The first-order chi connectivity index (χ1) is 14.1.